The van der Waals surface area contributed by atoms with Crippen LogP contribution in [0.25, 0.3) is 0 Å². The molecule has 2 heteroatoms. The van der Waals surface area contributed by atoms with Crippen LogP contribution < -0.4 is 5.32 Å². The molecule has 102 valence electrons. The van der Waals surface area contributed by atoms with Gasteiger partial charge in [0.2, 0.25) is 0 Å². The minimum absolute atomic E-state index is 0.752. The van der Waals surface area contributed by atoms with Crippen LogP contribution in [0, 0.1) is 11.8 Å². The highest BCUT2D eigenvalue weighted by atomic mass is 16.5. The molecule has 2 nitrogen and oxygen atoms in total. The van der Waals surface area contributed by atoms with Crippen molar-refractivity contribution < 1.29 is 4.74 Å². The van der Waals surface area contributed by atoms with Gasteiger partial charge in [-0.05, 0) is 44.1 Å². The molecule has 1 saturated carbocycles. The van der Waals surface area contributed by atoms with Gasteiger partial charge >= 0.3 is 0 Å². The Balaban J connectivity index is 2.10. The Labute approximate surface area is 108 Å². The molecule has 0 aromatic carbocycles. The summed E-state index contributed by atoms with van der Waals surface area (Å²) in [6.07, 6.45) is 8.02. The van der Waals surface area contributed by atoms with E-state index in [4.69, 9.17) is 4.74 Å². The summed E-state index contributed by atoms with van der Waals surface area (Å²) in [6, 6.07) is 0.752. The minimum Gasteiger partial charge on any atom is -0.381 e. The molecule has 1 N–H and O–H groups in total. The van der Waals surface area contributed by atoms with Gasteiger partial charge in [0.25, 0.3) is 0 Å². The van der Waals surface area contributed by atoms with Crippen molar-refractivity contribution in [1.82, 2.24) is 5.32 Å². The van der Waals surface area contributed by atoms with Crippen LogP contribution in [-0.2, 0) is 4.74 Å². The average molecular weight is 241 g/mol. The Morgan fingerprint density at radius 1 is 1.18 bits per heavy atom. The molecule has 0 amide bonds. The maximum absolute atomic E-state index is 5.75. The molecule has 0 radical (unpaired) electrons. The lowest BCUT2D eigenvalue weighted by atomic mass is 9.82. The zero-order chi connectivity index (χ0) is 12.5. The molecule has 0 saturated heterocycles. The van der Waals surface area contributed by atoms with E-state index >= 15 is 0 Å². The van der Waals surface area contributed by atoms with E-state index in [-0.39, 0.29) is 0 Å². The first-order chi connectivity index (χ1) is 8.24. The topological polar surface area (TPSA) is 21.3 Å². The zero-order valence-corrected chi connectivity index (χ0v) is 12.0. The van der Waals surface area contributed by atoms with Gasteiger partial charge in [0.15, 0.2) is 0 Å². The van der Waals surface area contributed by atoms with Crippen LogP contribution in [0.5, 0.6) is 0 Å². The van der Waals surface area contributed by atoms with Crippen molar-refractivity contribution in [2.75, 3.05) is 19.8 Å². The summed E-state index contributed by atoms with van der Waals surface area (Å²) in [6.45, 7) is 9.73. The quantitative estimate of drug-likeness (QED) is 0.656. The lowest BCUT2D eigenvalue weighted by Crippen LogP contribution is -2.38. The van der Waals surface area contributed by atoms with E-state index in [9.17, 15) is 0 Å². The first kappa shape index (κ1) is 15.0. The van der Waals surface area contributed by atoms with E-state index in [1.54, 1.807) is 0 Å². The summed E-state index contributed by atoms with van der Waals surface area (Å²) in [4.78, 5) is 0. The average Bonchev–Trinajstić information content (AvgIpc) is 2.31. The first-order valence-corrected chi connectivity index (χ1v) is 7.55. The molecule has 0 aromatic rings. The third kappa shape index (κ3) is 6.42. The maximum Gasteiger partial charge on any atom is 0.0469 e. The fourth-order valence-electron chi connectivity index (χ4n) is 2.74. The van der Waals surface area contributed by atoms with Crippen LogP contribution in [0.4, 0.5) is 0 Å². The van der Waals surface area contributed by atoms with Crippen LogP contribution in [0.3, 0.4) is 0 Å². The molecule has 0 heterocycles. The van der Waals surface area contributed by atoms with Crippen LogP contribution in [0.2, 0.25) is 0 Å². The predicted octanol–water partition coefficient (Wildman–Crippen LogP) is 3.61. The molecule has 1 aliphatic carbocycles. The number of nitrogens with one attached hydrogen (secondary N) is 1. The Bertz CT molecular complexity index is 180. The predicted molar refractivity (Wildman–Crippen MR) is 74.3 cm³/mol. The Hall–Kier alpha value is -0.0800. The third-order valence-electron chi connectivity index (χ3n) is 3.85. The van der Waals surface area contributed by atoms with Crippen LogP contribution in [0.1, 0.15) is 59.3 Å². The summed E-state index contributed by atoms with van der Waals surface area (Å²) in [7, 11) is 0. The highest BCUT2D eigenvalue weighted by molar-refractivity contribution is 4.80. The number of hydrogen-bond donors (Lipinski definition) is 1. The summed E-state index contributed by atoms with van der Waals surface area (Å²) in [5.41, 5.74) is 0. The van der Waals surface area contributed by atoms with Gasteiger partial charge in [-0.1, -0.05) is 33.6 Å². The molecule has 1 rings (SSSR count). The van der Waals surface area contributed by atoms with Crippen molar-refractivity contribution in [3.63, 3.8) is 0 Å². The van der Waals surface area contributed by atoms with Gasteiger partial charge in [0.05, 0.1) is 0 Å². The van der Waals surface area contributed by atoms with E-state index in [0.29, 0.717) is 0 Å². The smallest absolute Gasteiger partial charge is 0.0469 e. The number of hydrogen-bond acceptors (Lipinski definition) is 2. The van der Waals surface area contributed by atoms with Gasteiger partial charge < -0.3 is 10.1 Å². The van der Waals surface area contributed by atoms with Gasteiger partial charge in [-0.25, -0.2) is 0 Å². The summed E-state index contributed by atoms with van der Waals surface area (Å²) >= 11 is 0. The maximum atomic E-state index is 5.75. The third-order valence-corrected chi connectivity index (χ3v) is 3.85. The molecule has 17 heavy (non-hydrogen) atoms. The van der Waals surface area contributed by atoms with Crippen molar-refractivity contribution in [1.29, 1.82) is 0 Å². The highest BCUT2D eigenvalue weighted by Gasteiger charge is 2.23. The summed E-state index contributed by atoms with van der Waals surface area (Å²) in [5, 5.41) is 3.64. The van der Waals surface area contributed by atoms with Gasteiger partial charge in [0.1, 0.15) is 0 Å². The number of ether oxygens (including phenoxy) is 1. The van der Waals surface area contributed by atoms with Crippen molar-refractivity contribution >= 4 is 0 Å². The van der Waals surface area contributed by atoms with Gasteiger partial charge in [0, 0.05) is 19.3 Å². The van der Waals surface area contributed by atoms with Crippen molar-refractivity contribution in [3.8, 4) is 0 Å². The Morgan fingerprint density at radius 3 is 2.65 bits per heavy atom. The normalized spacial score (nSPS) is 25.4. The van der Waals surface area contributed by atoms with E-state index in [2.05, 4.69) is 26.1 Å². The van der Waals surface area contributed by atoms with Gasteiger partial charge in [-0.15, -0.1) is 0 Å². The molecule has 2 unspecified atom stereocenters. The molecule has 0 aromatic heterocycles. The SMILES string of the molecule is CCNC1CCCCC1CCOCCC(C)C. The lowest BCUT2D eigenvalue weighted by molar-refractivity contribution is 0.0977. The highest BCUT2D eigenvalue weighted by Crippen LogP contribution is 2.27. The molecule has 0 spiro atoms. The second-order valence-corrected chi connectivity index (χ2v) is 5.79. The standard InChI is InChI=1S/C15H31NO/c1-4-16-15-8-6-5-7-14(15)10-12-17-11-9-13(2)3/h13-16H,4-12H2,1-3H3. The first-order valence-electron chi connectivity index (χ1n) is 7.55. The zero-order valence-electron chi connectivity index (χ0n) is 12.0. The van der Waals surface area contributed by atoms with Crippen molar-refractivity contribution in [3.05, 3.63) is 0 Å². The minimum atomic E-state index is 0.752. The second kappa shape index (κ2) is 8.93. The largest absolute Gasteiger partial charge is 0.381 e. The fraction of sp³-hybridized carbons (Fsp3) is 1.00. The van der Waals surface area contributed by atoms with E-state index in [1.165, 1.54) is 38.5 Å². The molecule has 0 aliphatic heterocycles. The van der Waals surface area contributed by atoms with E-state index in [0.717, 1.165) is 37.6 Å². The molecule has 0 bridgehead atoms. The second-order valence-electron chi connectivity index (χ2n) is 5.79. The Kier molecular flexibility index (Phi) is 7.87. The molecular weight excluding hydrogens is 210 g/mol. The van der Waals surface area contributed by atoms with Crippen molar-refractivity contribution in [2.24, 2.45) is 11.8 Å². The summed E-state index contributed by atoms with van der Waals surface area (Å²) < 4.78 is 5.75. The van der Waals surface area contributed by atoms with Crippen molar-refractivity contribution in [2.45, 2.75) is 65.3 Å². The molecular formula is C15H31NO. The molecule has 2 atom stereocenters. The van der Waals surface area contributed by atoms with Gasteiger partial charge in [-0.2, -0.15) is 0 Å². The Morgan fingerprint density at radius 2 is 1.94 bits per heavy atom. The van der Waals surface area contributed by atoms with Crippen LogP contribution in [0.15, 0.2) is 0 Å². The molecule has 1 aliphatic rings. The van der Waals surface area contributed by atoms with Gasteiger partial charge in [-0.3, -0.25) is 0 Å². The summed E-state index contributed by atoms with van der Waals surface area (Å²) in [5.74, 6) is 1.61. The lowest BCUT2D eigenvalue weighted by Gasteiger charge is -2.32. The fourth-order valence-corrected chi connectivity index (χ4v) is 2.74. The van der Waals surface area contributed by atoms with Crippen LogP contribution in [-0.4, -0.2) is 25.8 Å². The van der Waals surface area contributed by atoms with E-state index < -0.39 is 0 Å². The van der Waals surface area contributed by atoms with Crippen LogP contribution >= 0.6 is 0 Å². The monoisotopic (exact) mass is 241 g/mol. The molecule has 1 fully saturated rings. The van der Waals surface area contributed by atoms with E-state index in [1.807, 2.05) is 0 Å². The number of rotatable bonds is 8.